The SMILES string of the molecule is [N-]=[N+]=C=CC1CCN(C(=O)OCc2ccccc2)CC1. The van der Waals surface area contributed by atoms with Crippen LogP contribution >= 0.6 is 0 Å². The van der Waals surface area contributed by atoms with Gasteiger partial charge < -0.3 is 15.2 Å². The second-order valence-electron chi connectivity index (χ2n) is 4.76. The van der Waals surface area contributed by atoms with E-state index in [-0.39, 0.29) is 6.09 Å². The van der Waals surface area contributed by atoms with Gasteiger partial charge in [0.1, 0.15) is 6.61 Å². The molecule has 0 spiro atoms. The predicted octanol–water partition coefficient (Wildman–Crippen LogP) is 2.49. The lowest BCUT2D eigenvalue weighted by Crippen LogP contribution is -2.38. The highest BCUT2D eigenvalue weighted by Crippen LogP contribution is 2.18. The van der Waals surface area contributed by atoms with Crippen molar-refractivity contribution in [3.8, 4) is 0 Å². The summed E-state index contributed by atoms with van der Waals surface area (Å²) in [5, 5.41) is 0. The average molecular weight is 271 g/mol. The van der Waals surface area contributed by atoms with Gasteiger partial charge in [-0.1, -0.05) is 30.3 Å². The third-order valence-electron chi connectivity index (χ3n) is 3.37. The molecule has 0 unspecified atom stereocenters. The van der Waals surface area contributed by atoms with Gasteiger partial charge in [-0.15, -0.1) is 4.79 Å². The number of amides is 1. The van der Waals surface area contributed by atoms with Crippen LogP contribution in [0.1, 0.15) is 18.4 Å². The minimum absolute atomic E-state index is 0.271. The van der Waals surface area contributed by atoms with Crippen molar-refractivity contribution >= 4 is 12.0 Å². The molecule has 1 aromatic rings. The van der Waals surface area contributed by atoms with Crippen LogP contribution < -0.4 is 0 Å². The van der Waals surface area contributed by atoms with Gasteiger partial charge in [-0.05, 0) is 24.3 Å². The highest BCUT2D eigenvalue weighted by molar-refractivity contribution is 5.67. The monoisotopic (exact) mass is 271 g/mol. The Hall–Kier alpha value is -2.35. The van der Waals surface area contributed by atoms with Gasteiger partial charge in [0.2, 0.25) is 0 Å². The number of allylic oxidation sites excluding steroid dienone is 1. The molecule has 0 N–H and O–H groups in total. The molecule has 1 heterocycles. The number of hydrogen-bond acceptors (Lipinski definition) is 2. The van der Waals surface area contributed by atoms with Crippen molar-refractivity contribution in [2.45, 2.75) is 19.4 Å². The fourth-order valence-electron chi connectivity index (χ4n) is 2.20. The van der Waals surface area contributed by atoms with Crippen LogP contribution in [-0.2, 0) is 11.3 Å². The fourth-order valence-corrected chi connectivity index (χ4v) is 2.20. The Morgan fingerprint density at radius 1 is 1.40 bits per heavy atom. The highest BCUT2D eigenvalue weighted by atomic mass is 16.6. The van der Waals surface area contributed by atoms with Gasteiger partial charge in [-0.2, -0.15) is 0 Å². The Labute approximate surface area is 118 Å². The van der Waals surface area contributed by atoms with Gasteiger partial charge in [0, 0.05) is 19.2 Å². The average Bonchev–Trinajstić information content (AvgIpc) is 2.52. The van der Waals surface area contributed by atoms with Crippen LogP contribution in [-0.4, -0.2) is 34.7 Å². The van der Waals surface area contributed by atoms with E-state index in [0.29, 0.717) is 25.6 Å². The van der Waals surface area contributed by atoms with Crippen molar-refractivity contribution in [3.05, 3.63) is 47.5 Å². The summed E-state index contributed by atoms with van der Waals surface area (Å²) >= 11 is 0. The summed E-state index contributed by atoms with van der Waals surface area (Å²) in [6.45, 7) is 1.61. The Morgan fingerprint density at radius 2 is 2.10 bits per heavy atom. The third-order valence-corrected chi connectivity index (χ3v) is 3.37. The quantitative estimate of drug-likeness (QED) is 0.481. The van der Waals surface area contributed by atoms with Crippen LogP contribution in [0.2, 0.25) is 0 Å². The summed E-state index contributed by atoms with van der Waals surface area (Å²) in [7, 11) is 0. The molecule has 0 atom stereocenters. The normalized spacial score (nSPS) is 15.1. The maximum atomic E-state index is 11.9. The zero-order valence-electron chi connectivity index (χ0n) is 11.2. The first-order chi connectivity index (χ1) is 9.79. The number of benzene rings is 1. The molecule has 0 bridgehead atoms. The van der Waals surface area contributed by atoms with Gasteiger partial charge in [0.15, 0.2) is 0 Å². The zero-order valence-corrected chi connectivity index (χ0v) is 11.2. The molecular formula is C15H17N3O2. The Morgan fingerprint density at radius 3 is 2.75 bits per heavy atom. The lowest BCUT2D eigenvalue weighted by atomic mass is 9.97. The van der Waals surface area contributed by atoms with E-state index < -0.39 is 0 Å². The van der Waals surface area contributed by atoms with Crippen LogP contribution in [0.3, 0.4) is 0 Å². The lowest BCUT2D eigenvalue weighted by molar-refractivity contribution is 0.00751. The second kappa shape index (κ2) is 7.29. The van der Waals surface area contributed by atoms with Gasteiger partial charge in [0.05, 0.1) is 0 Å². The molecule has 0 saturated carbocycles. The Kier molecular flexibility index (Phi) is 5.13. The number of nitrogens with zero attached hydrogens (tertiary/aromatic N) is 3. The van der Waals surface area contributed by atoms with E-state index >= 15 is 0 Å². The molecule has 0 radical (unpaired) electrons. The van der Waals surface area contributed by atoms with E-state index in [1.165, 1.54) is 0 Å². The molecular weight excluding hydrogens is 254 g/mol. The number of ether oxygens (including phenoxy) is 1. The first-order valence-corrected chi connectivity index (χ1v) is 6.68. The summed E-state index contributed by atoms with van der Waals surface area (Å²) in [6.07, 6.45) is 3.14. The van der Waals surface area contributed by atoms with E-state index in [9.17, 15) is 4.79 Å². The highest BCUT2D eigenvalue weighted by Gasteiger charge is 2.22. The summed E-state index contributed by atoms with van der Waals surface area (Å²) < 4.78 is 5.29. The summed E-state index contributed by atoms with van der Waals surface area (Å²) in [5.74, 6) is 2.74. The molecule has 1 saturated heterocycles. The standard InChI is InChI=1S/C15H17N3O2/c16-17-9-6-13-7-10-18(11-8-13)15(19)20-12-14-4-2-1-3-5-14/h1-6,13H,7-8,10-12H2. The van der Waals surface area contributed by atoms with Crippen molar-refractivity contribution in [3.63, 3.8) is 0 Å². The summed E-state index contributed by atoms with van der Waals surface area (Å²) in [5.41, 5.74) is 9.30. The minimum atomic E-state index is -0.271. The van der Waals surface area contributed by atoms with Gasteiger partial charge in [0.25, 0.3) is 5.87 Å². The van der Waals surface area contributed by atoms with E-state index in [2.05, 4.69) is 10.7 Å². The Bertz CT molecular complexity index is 523. The number of hydrogen-bond donors (Lipinski definition) is 0. The number of carbonyl (C=O) groups excluding carboxylic acids is 1. The van der Waals surface area contributed by atoms with Crippen LogP contribution in [0.5, 0.6) is 0 Å². The summed E-state index contributed by atoms with van der Waals surface area (Å²) in [4.78, 5) is 16.5. The van der Waals surface area contributed by atoms with Gasteiger partial charge >= 0.3 is 6.09 Å². The third kappa shape index (κ3) is 4.09. The Balaban J connectivity index is 1.77. The molecule has 2 rings (SSSR count). The first-order valence-electron chi connectivity index (χ1n) is 6.68. The van der Waals surface area contributed by atoms with E-state index in [1.807, 2.05) is 30.3 Å². The van der Waals surface area contributed by atoms with Gasteiger partial charge in [-0.3, -0.25) is 0 Å². The minimum Gasteiger partial charge on any atom is -0.445 e. The maximum absolute atomic E-state index is 11.9. The molecule has 0 aromatic heterocycles. The van der Waals surface area contributed by atoms with Crippen LogP contribution in [0.4, 0.5) is 4.79 Å². The van der Waals surface area contributed by atoms with E-state index in [4.69, 9.17) is 10.3 Å². The van der Waals surface area contributed by atoms with Crippen LogP contribution in [0.15, 0.2) is 36.4 Å². The number of rotatable bonds is 3. The van der Waals surface area contributed by atoms with Crippen molar-refractivity contribution < 1.29 is 14.3 Å². The number of piperidine rings is 1. The molecule has 1 aliphatic heterocycles. The lowest BCUT2D eigenvalue weighted by Gasteiger charge is -2.29. The maximum Gasteiger partial charge on any atom is 0.410 e. The second-order valence-corrected chi connectivity index (χ2v) is 4.76. The zero-order chi connectivity index (χ0) is 14.2. The van der Waals surface area contributed by atoms with Crippen molar-refractivity contribution in [2.24, 2.45) is 5.92 Å². The number of carbonyl (C=O) groups is 1. The van der Waals surface area contributed by atoms with Crippen LogP contribution in [0, 0.1) is 5.92 Å². The van der Waals surface area contributed by atoms with Crippen molar-refractivity contribution in [1.82, 2.24) is 4.90 Å². The van der Waals surface area contributed by atoms with E-state index in [0.717, 1.165) is 18.4 Å². The fraction of sp³-hybridized carbons (Fsp3) is 0.400. The van der Waals surface area contributed by atoms with Crippen LogP contribution in [0.25, 0.3) is 5.53 Å². The molecule has 1 aromatic carbocycles. The first kappa shape index (κ1) is 14.1. The molecule has 1 amide bonds. The molecule has 1 aliphatic rings. The molecule has 1 fully saturated rings. The molecule has 0 aliphatic carbocycles. The van der Waals surface area contributed by atoms with Crippen molar-refractivity contribution in [2.75, 3.05) is 13.1 Å². The largest absolute Gasteiger partial charge is 0.445 e. The predicted molar refractivity (Wildman–Crippen MR) is 74.1 cm³/mol. The van der Waals surface area contributed by atoms with Crippen molar-refractivity contribution in [1.29, 1.82) is 0 Å². The summed E-state index contributed by atoms with van der Waals surface area (Å²) in [6, 6.07) is 9.63. The van der Waals surface area contributed by atoms with E-state index in [1.54, 1.807) is 11.0 Å². The molecule has 20 heavy (non-hydrogen) atoms. The topological polar surface area (TPSA) is 65.9 Å². The molecule has 104 valence electrons. The van der Waals surface area contributed by atoms with Gasteiger partial charge in [-0.25, -0.2) is 4.79 Å². The molecule has 5 nitrogen and oxygen atoms in total. The smallest absolute Gasteiger partial charge is 0.410 e. The molecule has 5 heteroatoms. The number of likely N-dealkylation sites (tertiary alicyclic amines) is 1.